The number of hydrogen-bond donors (Lipinski definition) is 1. The maximum Gasteiger partial charge on any atom is 0.418 e. The summed E-state index contributed by atoms with van der Waals surface area (Å²) in [5, 5.41) is 2.51. The normalized spacial score (nSPS) is 14.7. The van der Waals surface area contributed by atoms with Crippen LogP contribution in [0.2, 0.25) is 0 Å². The predicted octanol–water partition coefficient (Wildman–Crippen LogP) is 6.52. The van der Waals surface area contributed by atoms with Crippen LogP contribution in [0.5, 0.6) is 0 Å². The number of anilines is 1. The summed E-state index contributed by atoms with van der Waals surface area (Å²) in [7, 11) is 2.01. The van der Waals surface area contributed by atoms with Crippen molar-refractivity contribution in [1.29, 1.82) is 0 Å². The van der Waals surface area contributed by atoms with Crippen LogP contribution in [0.4, 0.5) is 18.9 Å². The zero-order valence-corrected chi connectivity index (χ0v) is 22.4. The summed E-state index contributed by atoms with van der Waals surface area (Å²) in [5.74, 6) is 0.0234. The van der Waals surface area contributed by atoms with E-state index in [4.69, 9.17) is 0 Å². The number of likely N-dealkylation sites (tertiary alicyclic amines) is 1. The number of nitrogens with zero attached hydrogens (tertiary/aromatic N) is 4. The van der Waals surface area contributed by atoms with Gasteiger partial charge in [0.25, 0.3) is 5.91 Å². The van der Waals surface area contributed by atoms with E-state index in [9.17, 15) is 18.0 Å². The SMILES string of the molecule is Cc1ccc(C(=O)Nc2ccc(C3CCN(C)CC3)cc2C(F)(F)F)cc1Cc1nccc(-c2cccnc2)n1. The maximum atomic E-state index is 14.0. The van der Waals surface area contributed by atoms with Crippen molar-refractivity contribution in [1.82, 2.24) is 19.9 Å². The molecule has 1 aliphatic heterocycles. The van der Waals surface area contributed by atoms with Crippen molar-refractivity contribution >= 4 is 11.6 Å². The number of carbonyl (C=O) groups is 1. The first kappa shape index (κ1) is 27.5. The van der Waals surface area contributed by atoms with Crippen LogP contribution >= 0.6 is 0 Å². The van der Waals surface area contributed by atoms with Crippen LogP contribution in [0, 0.1) is 6.92 Å². The van der Waals surface area contributed by atoms with Crippen molar-refractivity contribution in [2.45, 2.75) is 38.3 Å². The molecule has 9 heteroatoms. The molecule has 0 aliphatic carbocycles. The summed E-state index contributed by atoms with van der Waals surface area (Å²) in [4.78, 5) is 28.5. The van der Waals surface area contributed by atoms with E-state index in [2.05, 4.69) is 25.2 Å². The number of halogens is 3. The largest absolute Gasteiger partial charge is 0.418 e. The summed E-state index contributed by atoms with van der Waals surface area (Å²) >= 11 is 0. The Morgan fingerprint density at radius 1 is 1.05 bits per heavy atom. The highest BCUT2D eigenvalue weighted by atomic mass is 19.4. The zero-order valence-electron chi connectivity index (χ0n) is 22.4. The van der Waals surface area contributed by atoms with Gasteiger partial charge in [-0.25, -0.2) is 9.97 Å². The van der Waals surface area contributed by atoms with Gasteiger partial charge in [-0.15, -0.1) is 0 Å². The Kier molecular flexibility index (Phi) is 7.93. The summed E-state index contributed by atoms with van der Waals surface area (Å²) in [6, 6.07) is 14.9. The minimum atomic E-state index is -4.60. The van der Waals surface area contributed by atoms with Gasteiger partial charge in [0.05, 0.1) is 16.9 Å². The minimum Gasteiger partial charge on any atom is -0.321 e. The molecule has 6 nitrogen and oxygen atoms in total. The number of aryl methyl sites for hydroxylation is 1. The third-order valence-corrected chi connectivity index (χ3v) is 7.41. The summed E-state index contributed by atoms with van der Waals surface area (Å²) < 4.78 is 42.1. The molecular formula is C31H30F3N5O. The molecule has 2 aromatic heterocycles. The third-order valence-electron chi connectivity index (χ3n) is 7.41. The fourth-order valence-corrected chi connectivity index (χ4v) is 5.03. The van der Waals surface area contributed by atoms with Gasteiger partial charge in [0.15, 0.2) is 0 Å². The van der Waals surface area contributed by atoms with Crippen LogP contribution in [0.1, 0.15) is 57.2 Å². The van der Waals surface area contributed by atoms with Crippen molar-refractivity contribution in [3.05, 3.63) is 107 Å². The van der Waals surface area contributed by atoms with Gasteiger partial charge >= 0.3 is 6.18 Å². The Morgan fingerprint density at radius 3 is 2.58 bits per heavy atom. The molecule has 40 heavy (non-hydrogen) atoms. The molecule has 4 aromatic rings. The van der Waals surface area contributed by atoms with Crippen LogP contribution in [-0.4, -0.2) is 45.9 Å². The van der Waals surface area contributed by atoms with E-state index >= 15 is 0 Å². The van der Waals surface area contributed by atoms with Gasteiger partial charge < -0.3 is 10.2 Å². The molecule has 0 saturated carbocycles. The Labute approximate surface area is 231 Å². The molecule has 2 aromatic carbocycles. The molecule has 5 rings (SSSR count). The molecule has 1 N–H and O–H groups in total. The monoisotopic (exact) mass is 545 g/mol. The highest BCUT2D eigenvalue weighted by Gasteiger charge is 2.35. The van der Waals surface area contributed by atoms with Gasteiger partial charge in [-0.3, -0.25) is 9.78 Å². The van der Waals surface area contributed by atoms with Crippen molar-refractivity contribution in [3.63, 3.8) is 0 Å². The van der Waals surface area contributed by atoms with Crippen LogP contribution in [0.25, 0.3) is 11.3 Å². The molecular weight excluding hydrogens is 515 g/mol. The lowest BCUT2D eigenvalue weighted by molar-refractivity contribution is -0.137. The van der Waals surface area contributed by atoms with Crippen molar-refractivity contribution < 1.29 is 18.0 Å². The van der Waals surface area contributed by atoms with Gasteiger partial charge in [-0.2, -0.15) is 13.2 Å². The summed E-state index contributed by atoms with van der Waals surface area (Å²) in [6.07, 6.45) is 2.45. The van der Waals surface area contributed by atoms with Gasteiger partial charge in [-0.05, 0) is 105 Å². The highest BCUT2D eigenvalue weighted by molar-refractivity contribution is 6.05. The second kappa shape index (κ2) is 11.6. The lowest BCUT2D eigenvalue weighted by Crippen LogP contribution is -2.29. The zero-order chi connectivity index (χ0) is 28.3. The number of carbonyl (C=O) groups excluding carboxylic acids is 1. The van der Waals surface area contributed by atoms with Crippen molar-refractivity contribution in [3.8, 4) is 11.3 Å². The number of alkyl halides is 3. The van der Waals surface area contributed by atoms with Crippen LogP contribution < -0.4 is 5.32 Å². The average Bonchev–Trinajstić information content (AvgIpc) is 2.95. The average molecular weight is 546 g/mol. The number of rotatable bonds is 6. The van der Waals surface area contributed by atoms with Gasteiger partial charge in [0.1, 0.15) is 5.82 Å². The topological polar surface area (TPSA) is 71.0 Å². The Hall–Kier alpha value is -4.11. The molecule has 0 radical (unpaired) electrons. The number of hydrogen-bond acceptors (Lipinski definition) is 5. The van der Waals surface area contributed by atoms with E-state index in [1.165, 1.54) is 12.1 Å². The van der Waals surface area contributed by atoms with E-state index < -0.39 is 17.6 Å². The predicted molar refractivity (Wildman–Crippen MR) is 148 cm³/mol. The molecule has 206 valence electrons. The first-order valence-corrected chi connectivity index (χ1v) is 13.2. The van der Waals surface area contributed by atoms with Crippen molar-refractivity contribution in [2.24, 2.45) is 0 Å². The fraction of sp³-hybridized carbons (Fsp3) is 0.290. The molecule has 0 bridgehead atoms. The number of piperidine rings is 1. The molecule has 3 heterocycles. The van der Waals surface area contributed by atoms with Gasteiger partial charge in [0, 0.05) is 36.1 Å². The van der Waals surface area contributed by atoms with Crippen LogP contribution in [-0.2, 0) is 12.6 Å². The number of aromatic nitrogens is 3. The minimum absolute atomic E-state index is 0.0700. The van der Waals surface area contributed by atoms with Crippen LogP contribution in [0.15, 0.2) is 73.2 Å². The third kappa shape index (κ3) is 6.37. The molecule has 0 unspecified atom stereocenters. The lowest BCUT2D eigenvalue weighted by atomic mass is 9.88. The molecule has 1 amide bonds. The Morgan fingerprint density at radius 2 is 1.85 bits per heavy atom. The maximum absolute atomic E-state index is 14.0. The number of nitrogens with one attached hydrogen (secondary N) is 1. The molecule has 1 aliphatic rings. The second-order valence-corrected chi connectivity index (χ2v) is 10.3. The Bertz CT molecular complexity index is 1500. The van der Waals surface area contributed by atoms with Gasteiger partial charge in [0.2, 0.25) is 0 Å². The summed E-state index contributed by atoms with van der Waals surface area (Å²) in [5.41, 5.74) is 3.16. The molecule has 1 fully saturated rings. The molecule has 0 spiro atoms. The van der Waals surface area contributed by atoms with Crippen LogP contribution in [0.3, 0.4) is 0 Å². The van der Waals surface area contributed by atoms with E-state index in [0.717, 1.165) is 48.3 Å². The number of amides is 1. The summed E-state index contributed by atoms with van der Waals surface area (Å²) in [6.45, 7) is 3.60. The van der Waals surface area contributed by atoms with Crippen molar-refractivity contribution in [2.75, 3.05) is 25.5 Å². The Balaban J connectivity index is 1.36. The van der Waals surface area contributed by atoms with E-state index in [-0.39, 0.29) is 17.2 Å². The lowest BCUT2D eigenvalue weighted by Gasteiger charge is -2.29. The first-order chi connectivity index (χ1) is 19.2. The van der Waals surface area contributed by atoms with E-state index in [1.54, 1.807) is 48.9 Å². The van der Waals surface area contributed by atoms with E-state index in [1.807, 2.05) is 26.1 Å². The smallest absolute Gasteiger partial charge is 0.321 e. The first-order valence-electron chi connectivity index (χ1n) is 13.2. The number of pyridine rings is 1. The quantitative estimate of drug-likeness (QED) is 0.299. The van der Waals surface area contributed by atoms with Gasteiger partial charge in [-0.1, -0.05) is 12.1 Å². The second-order valence-electron chi connectivity index (χ2n) is 10.3. The standard InChI is InChI=1S/C31H30F3N5O/c1-20-5-6-23(16-25(20)18-29-36-13-9-27(37-29)24-4-3-12-35-19-24)30(40)38-28-8-7-22(17-26(28)31(32,33)34)21-10-14-39(2)15-11-21/h3-9,12-13,16-17,19,21H,10-11,14-15,18H2,1-2H3,(H,38,40). The fourth-order valence-electron chi connectivity index (χ4n) is 5.03. The van der Waals surface area contributed by atoms with E-state index in [0.29, 0.717) is 17.8 Å². The molecule has 1 saturated heterocycles. The molecule has 0 atom stereocenters. The highest BCUT2D eigenvalue weighted by Crippen LogP contribution is 2.38. The number of benzene rings is 2.